The van der Waals surface area contributed by atoms with Gasteiger partial charge in [-0.15, -0.1) is 6.58 Å². The Morgan fingerprint density at radius 3 is 1.97 bits per heavy atom. The van der Waals surface area contributed by atoms with Crippen LogP contribution in [0.1, 0.15) is 103 Å². The molecule has 0 bridgehead atoms. The third-order valence-corrected chi connectivity index (χ3v) is 6.80. The highest BCUT2D eigenvalue weighted by molar-refractivity contribution is 7.47. The van der Waals surface area contributed by atoms with Crippen molar-refractivity contribution in [1.82, 2.24) is 0 Å². The highest BCUT2D eigenvalue weighted by Gasteiger charge is 2.31. The Balaban J connectivity index is 0. The fourth-order valence-corrected chi connectivity index (χ4v) is 4.49. The molecule has 0 aromatic heterocycles. The van der Waals surface area contributed by atoms with Crippen molar-refractivity contribution in [2.45, 2.75) is 115 Å². The maximum absolute atomic E-state index is 12.1. The highest BCUT2D eigenvalue weighted by atomic mass is 31.2. The number of rotatable bonds is 26. The molecule has 4 N–H and O–H groups in total. The van der Waals surface area contributed by atoms with Crippen molar-refractivity contribution in [3.63, 3.8) is 0 Å². The lowest BCUT2D eigenvalue weighted by Gasteiger charge is -2.24. The lowest BCUT2D eigenvalue weighted by molar-refractivity contribution is -0.149. The number of phosphoric ester groups is 1. The minimum absolute atomic E-state index is 0.188. The molecule has 230 valence electrons. The summed E-state index contributed by atoms with van der Waals surface area (Å²) < 4.78 is 32.1. The van der Waals surface area contributed by atoms with Gasteiger partial charge in [-0.2, -0.15) is 0 Å². The molecule has 2 unspecified atom stereocenters. The quantitative estimate of drug-likeness (QED) is 0.0459. The van der Waals surface area contributed by atoms with Gasteiger partial charge in [-0.1, -0.05) is 76.5 Å². The van der Waals surface area contributed by atoms with Crippen LogP contribution in [0.5, 0.6) is 0 Å². The van der Waals surface area contributed by atoms with Crippen LogP contribution >= 0.6 is 7.82 Å². The first-order chi connectivity index (χ1) is 18.8. The molecule has 0 heterocycles. The van der Waals surface area contributed by atoms with E-state index < -0.39 is 39.0 Å². The molecule has 0 aliphatic carbocycles. The molecular formula is C28H54NO9P. The van der Waals surface area contributed by atoms with E-state index in [4.69, 9.17) is 19.1 Å². The predicted octanol–water partition coefficient (Wildman–Crippen LogP) is 6.32. The third-order valence-electron chi connectivity index (χ3n) is 5.78. The zero-order valence-corrected chi connectivity index (χ0v) is 25.3. The van der Waals surface area contributed by atoms with Crippen LogP contribution in [0.25, 0.3) is 0 Å². The third kappa shape index (κ3) is 26.4. The number of carboxylic acids is 1. The van der Waals surface area contributed by atoms with Gasteiger partial charge in [-0.05, 0) is 39.2 Å². The Morgan fingerprint density at radius 1 is 0.923 bits per heavy atom. The lowest BCUT2D eigenvalue weighted by Crippen LogP contribution is -2.33. The standard InChI is InChI=1S/C27H49O9P.CH5N/c1-4-6-7-8-9-10-11-12-13-14-15-16-17-18-19-20-27(30)34-23-25(33-3)24(5-2)36-37(31,32)35-22-21-26(28)29;1-2/h5,12-13,24-25H,2,4,6-11,14-23H2,1,3H3,(H,28,29)(H,31,32);2H2,1H3/b13-12-;/t24-,25?;/m0./s1. The van der Waals surface area contributed by atoms with E-state index >= 15 is 0 Å². The van der Waals surface area contributed by atoms with Gasteiger partial charge in [0.2, 0.25) is 0 Å². The number of esters is 1. The van der Waals surface area contributed by atoms with Crippen LogP contribution in [0.2, 0.25) is 0 Å². The van der Waals surface area contributed by atoms with Crippen molar-refractivity contribution in [2.24, 2.45) is 5.73 Å². The van der Waals surface area contributed by atoms with E-state index in [2.05, 4.69) is 35.9 Å². The van der Waals surface area contributed by atoms with Gasteiger partial charge >= 0.3 is 19.8 Å². The van der Waals surface area contributed by atoms with Gasteiger partial charge in [0.25, 0.3) is 0 Å². The number of carbonyl (C=O) groups excluding carboxylic acids is 1. The van der Waals surface area contributed by atoms with E-state index in [1.165, 1.54) is 65.2 Å². The Bertz CT molecular complexity index is 688. The minimum Gasteiger partial charge on any atom is -0.481 e. The summed E-state index contributed by atoms with van der Waals surface area (Å²) in [5.74, 6) is -1.56. The van der Waals surface area contributed by atoms with E-state index in [1.807, 2.05) is 0 Å². The largest absolute Gasteiger partial charge is 0.481 e. The van der Waals surface area contributed by atoms with Gasteiger partial charge < -0.3 is 25.2 Å². The number of hydrogen-bond donors (Lipinski definition) is 3. The second kappa shape index (κ2) is 28.0. The zero-order valence-electron chi connectivity index (χ0n) is 24.4. The fraction of sp³-hybridized carbons (Fsp3) is 0.786. The highest BCUT2D eigenvalue weighted by Crippen LogP contribution is 2.45. The van der Waals surface area contributed by atoms with E-state index in [0.717, 1.165) is 38.5 Å². The number of phosphoric acid groups is 1. The molecule has 0 aliphatic heterocycles. The topological polar surface area (TPSA) is 155 Å². The summed E-state index contributed by atoms with van der Waals surface area (Å²) in [4.78, 5) is 32.3. The van der Waals surface area contributed by atoms with E-state index in [0.29, 0.717) is 0 Å². The van der Waals surface area contributed by atoms with Gasteiger partial charge in [-0.25, -0.2) is 4.57 Å². The first kappa shape index (κ1) is 39.6. The fourth-order valence-electron chi connectivity index (χ4n) is 3.58. The van der Waals surface area contributed by atoms with Crippen molar-refractivity contribution in [1.29, 1.82) is 0 Å². The number of carbonyl (C=O) groups is 2. The van der Waals surface area contributed by atoms with Crippen molar-refractivity contribution < 1.29 is 42.7 Å². The summed E-state index contributed by atoms with van der Waals surface area (Å²) in [6, 6.07) is 0. The van der Waals surface area contributed by atoms with Gasteiger partial charge in [-0.3, -0.25) is 18.6 Å². The molecule has 0 spiro atoms. The first-order valence-corrected chi connectivity index (χ1v) is 15.7. The number of hydrogen-bond acceptors (Lipinski definition) is 8. The lowest BCUT2D eigenvalue weighted by atomic mass is 10.1. The Hall–Kier alpha value is -1.55. The summed E-state index contributed by atoms with van der Waals surface area (Å²) in [6.45, 7) is 5.10. The number of carboxylic acid groups (broad SMARTS) is 1. The molecule has 0 radical (unpaired) electrons. The second-order valence-electron chi connectivity index (χ2n) is 9.04. The van der Waals surface area contributed by atoms with Crippen LogP contribution in [0.3, 0.4) is 0 Å². The SMILES string of the molecule is C=C[C@H](OP(=O)(O)OCCC(=O)O)C(COC(=O)CCCCCCC/C=C\CCCCCCCC)OC.CN. The van der Waals surface area contributed by atoms with Crippen molar-refractivity contribution in [3.05, 3.63) is 24.8 Å². The average Bonchev–Trinajstić information content (AvgIpc) is 2.91. The summed E-state index contributed by atoms with van der Waals surface area (Å²) in [5, 5.41) is 8.59. The van der Waals surface area contributed by atoms with E-state index in [-0.39, 0.29) is 19.0 Å². The maximum atomic E-state index is 12.1. The Morgan fingerprint density at radius 2 is 1.46 bits per heavy atom. The monoisotopic (exact) mass is 579 g/mol. The summed E-state index contributed by atoms with van der Waals surface area (Å²) in [7, 11) is -1.70. The van der Waals surface area contributed by atoms with Crippen molar-refractivity contribution in [3.8, 4) is 0 Å². The van der Waals surface area contributed by atoms with Crippen molar-refractivity contribution in [2.75, 3.05) is 27.4 Å². The van der Waals surface area contributed by atoms with Crippen LogP contribution in [0.15, 0.2) is 24.8 Å². The molecular weight excluding hydrogens is 525 g/mol. The molecule has 11 heteroatoms. The molecule has 0 amide bonds. The molecule has 39 heavy (non-hydrogen) atoms. The summed E-state index contributed by atoms with van der Waals surface area (Å²) >= 11 is 0. The van der Waals surface area contributed by atoms with Gasteiger partial charge in [0.1, 0.15) is 18.8 Å². The number of unbranched alkanes of at least 4 members (excludes halogenated alkanes) is 11. The van der Waals surface area contributed by atoms with Crippen LogP contribution in [-0.4, -0.2) is 61.5 Å². The van der Waals surface area contributed by atoms with E-state index in [9.17, 15) is 19.0 Å². The van der Waals surface area contributed by atoms with Gasteiger partial charge in [0.15, 0.2) is 0 Å². The molecule has 0 aromatic rings. The smallest absolute Gasteiger partial charge is 0.472 e. The molecule has 0 aliphatic rings. The maximum Gasteiger partial charge on any atom is 0.472 e. The number of nitrogens with two attached hydrogens (primary N) is 1. The second-order valence-corrected chi connectivity index (χ2v) is 10.4. The molecule has 0 saturated heterocycles. The molecule has 0 saturated carbocycles. The number of methoxy groups -OCH3 is 1. The summed E-state index contributed by atoms with van der Waals surface area (Å²) in [5.41, 5.74) is 4.50. The molecule has 10 nitrogen and oxygen atoms in total. The van der Waals surface area contributed by atoms with Crippen LogP contribution in [0, 0.1) is 0 Å². The minimum atomic E-state index is -4.54. The molecule has 0 fully saturated rings. The number of aliphatic carboxylic acids is 1. The van der Waals surface area contributed by atoms with Gasteiger partial charge in [0, 0.05) is 13.5 Å². The number of ether oxygens (including phenoxy) is 2. The summed E-state index contributed by atoms with van der Waals surface area (Å²) in [6.07, 6.45) is 19.0. The van der Waals surface area contributed by atoms with E-state index in [1.54, 1.807) is 0 Å². The zero-order chi connectivity index (χ0) is 29.8. The average molecular weight is 580 g/mol. The predicted molar refractivity (Wildman–Crippen MR) is 154 cm³/mol. The number of allylic oxidation sites excluding steroid dienone is 2. The van der Waals surface area contributed by atoms with Gasteiger partial charge in [0.05, 0.1) is 13.0 Å². The van der Waals surface area contributed by atoms with Crippen LogP contribution < -0.4 is 5.73 Å². The Kier molecular flexibility index (Phi) is 28.4. The first-order valence-electron chi connectivity index (χ1n) is 14.2. The van der Waals surface area contributed by atoms with Crippen molar-refractivity contribution >= 4 is 19.8 Å². The molecule has 0 aromatic carbocycles. The normalized spacial score (nSPS) is 14.2. The molecule has 0 rings (SSSR count). The molecule has 3 atom stereocenters. The van der Waals surface area contributed by atoms with Crippen LogP contribution in [-0.2, 0) is 32.7 Å². The van der Waals surface area contributed by atoms with Crippen LogP contribution in [0.4, 0.5) is 0 Å². The Labute approximate surface area is 235 Å².